The Bertz CT molecular complexity index is 1130. The molecule has 3 aromatic rings. The second-order valence-corrected chi connectivity index (χ2v) is 6.63. The van der Waals surface area contributed by atoms with Gasteiger partial charge in [-0.05, 0) is 55.0 Å². The molecule has 0 radical (unpaired) electrons. The van der Waals surface area contributed by atoms with Crippen LogP contribution >= 0.6 is 0 Å². The Kier molecular flexibility index (Phi) is 4.87. The molecular formula is C24H18O5. The lowest BCUT2D eigenvalue weighted by Crippen LogP contribution is -2.08. The SMILES string of the molecule is COc1ccc(C(=O)Oc2ccc3c(c2)OC(=Cc2cccc(C)c2)C3=O)cc1. The molecule has 29 heavy (non-hydrogen) atoms. The van der Waals surface area contributed by atoms with Crippen molar-refractivity contribution in [2.75, 3.05) is 7.11 Å². The van der Waals surface area contributed by atoms with Gasteiger partial charge in [-0.15, -0.1) is 0 Å². The van der Waals surface area contributed by atoms with Gasteiger partial charge in [0.25, 0.3) is 0 Å². The van der Waals surface area contributed by atoms with E-state index < -0.39 is 5.97 Å². The molecule has 3 aromatic carbocycles. The van der Waals surface area contributed by atoms with Crippen LogP contribution in [0.3, 0.4) is 0 Å². The Balaban J connectivity index is 1.53. The van der Waals surface area contributed by atoms with Crippen LogP contribution in [0.2, 0.25) is 0 Å². The minimum Gasteiger partial charge on any atom is -0.497 e. The molecule has 1 heterocycles. The van der Waals surface area contributed by atoms with Crippen molar-refractivity contribution in [2.24, 2.45) is 0 Å². The molecule has 144 valence electrons. The number of esters is 1. The van der Waals surface area contributed by atoms with E-state index in [0.29, 0.717) is 28.4 Å². The monoisotopic (exact) mass is 386 g/mol. The number of ketones is 1. The van der Waals surface area contributed by atoms with Gasteiger partial charge in [-0.1, -0.05) is 29.8 Å². The number of allylic oxidation sites excluding steroid dienone is 1. The lowest BCUT2D eigenvalue weighted by molar-refractivity contribution is 0.0734. The molecule has 0 aromatic heterocycles. The number of benzene rings is 3. The fourth-order valence-electron chi connectivity index (χ4n) is 3.04. The number of Topliss-reactive ketones (excluding diaryl/α,β-unsaturated/α-hetero) is 1. The topological polar surface area (TPSA) is 61.8 Å². The van der Waals surface area contributed by atoms with Crippen molar-refractivity contribution >= 4 is 17.8 Å². The number of ether oxygens (including phenoxy) is 3. The number of aryl methyl sites for hydroxylation is 1. The molecule has 0 bridgehead atoms. The number of rotatable bonds is 4. The van der Waals surface area contributed by atoms with Gasteiger partial charge < -0.3 is 14.2 Å². The summed E-state index contributed by atoms with van der Waals surface area (Å²) in [6.07, 6.45) is 1.71. The van der Waals surface area contributed by atoms with Crippen LogP contribution in [0.15, 0.2) is 72.5 Å². The average molecular weight is 386 g/mol. The number of hydrogen-bond donors (Lipinski definition) is 0. The number of carbonyl (C=O) groups excluding carboxylic acids is 2. The molecule has 0 amide bonds. The zero-order valence-corrected chi connectivity index (χ0v) is 16.0. The summed E-state index contributed by atoms with van der Waals surface area (Å²) in [5, 5.41) is 0. The van der Waals surface area contributed by atoms with Gasteiger partial charge in [0.2, 0.25) is 5.78 Å². The molecular weight excluding hydrogens is 368 g/mol. The van der Waals surface area contributed by atoms with Gasteiger partial charge in [0.05, 0.1) is 18.2 Å². The quantitative estimate of drug-likeness (QED) is 0.365. The van der Waals surface area contributed by atoms with E-state index in [-0.39, 0.29) is 11.5 Å². The summed E-state index contributed by atoms with van der Waals surface area (Å²) in [6, 6.07) is 19.1. The first-order chi connectivity index (χ1) is 14.0. The van der Waals surface area contributed by atoms with E-state index in [1.165, 1.54) is 0 Å². The summed E-state index contributed by atoms with van der Waals surface area (Å²) in [5.41, 5.74) is 2.80. The maximum Gasteiger partial charge on any atom is 0.343 e. The summed E-state index contributed by atoms with van der Waals surface area (Å²) in [6.45, 7) is 1.98. The maximum atomic E-state index is 12.6. The van der Waals surface area contributed by atoms with E-state index >= 15 is 0 Å². The third-order valence-electron chi connectivity index (χ3n) is 4.52. The minimum atomic E-state index is -0.507. The molecule has 4 rings (SSSR count). The highest BCUT2D eigenvalue weighted by molar-refractivity contribution is 6.14. The standard InChI is InChI=1S/C24H18O5/c1-15-4-3-5-16(12-15)13-22-23(25)20-11-10-19(14-21(20)29-22)28-24(26)17-6-8-18(27-2)9-7-17/h3-14H,1-2H3. The summed E-state index contributed by atoms with van der Waals surface area (Å²) in [4.78, 5) is 24.9. The van der Waals surface area contributed by atoms with E-state index in [0.717, 1.165) is 11.1 Å². The molecule has 1 aliphatic rings. The summed E-state index contributed by atoms with van der Waals surface area (Å²) >= 11 is 0. The molecule has 0 fully saturated rings. The van der Waals surface area contributed by atoms with Gasteiger partial charge >= 0.3 is 5.97 Å². The fourth-order valence-corrected chi connectivity index (χ4v) is 3.04. The predicted molar refractivity (Wildman–Crippen MR) is 109 cm³/mol. The van der Waals surface area contributed by atoms with Gasteiger partial charge in [-0.2, -0.15) is 0 Å². The minimum absolute atomic E-state index is 0.200. The molecule has 5 heteroatoms. The second-order valence-electron chi connectivity index (χ2n) is 6.63. The Morgan fingerprint density at radius 2 is 1.72 bits per heavy atom. The first-order valence-electron chi connectivity index (χ1n) is 9.05. The third kappa shape index (κ3) is 3.89. The average Bonchev–Trinajstić information content (AvgIpc) is 3.03. The smallest absolute Gasteiger partial charge is 0.343 e. The maximum absolute atomic E-state index is 12.6. The highest BCUT2D eigenvalue weighted by Gasteiger charge is 2.28. The summed E-state index contributed by atoms with van der Waals surface area (Å²) in [5.74, 6) is 0.855. The van der Waals surface area contributed by atoms with Gasteiger partial charge in [0, 0.05) is 6.07 Å². The fraction of sp³-hybridized carbons (Fsp3) is 0.0833. The van der Waals surface area contributed by atoms with Crippen LogP contribution in [-0.2, 0) is 0 Å². The Morgan fingerprint density at radius 1 is 0.966 bits per heavy atom. The van der Waals surface area contributed by atoms with Crippen LogP contribution in [0, 0.1) is 6.92 Å². The normalized spacial score (nSPS) is 13.7. The number of carbonyl (C=O) groups is 2. The van der Waals surface area contributed by atoms with Crippen LogP contribution in [0.1, 0.15) is 31.8 Å². The van der Waals surface area contributed by atoms with Crippen LogP contribution < -0.4 is 14.2 Å². The third-order valence-corrected chi connectivity index (χ3v) is 4.52. The molecule has 5 nitrogen and oxygen atoms in total. The zero-order valence-electron chi connectivity index (χ0n) is 16.0. The molecule has 0 N–H and O–H groups in total. The van der Waals surface area contributed by atoms with Crippen molar-refractivity contribution in [2.45, 2.75) is 6.92 Å². The second kappa shape index (κ2) is 7.64. The van der Waals surface area contributed by atoms with Gasteiger partial charge in [-0.3, -0.25) is 4.79 Å². The van der Waals surface area contributed by atoms with Crippen LogP contribution in [0.4, 0.5) is 0 Å². The van der Waals surface area contributed by atoms with Crippen molar-refractivity contribution in [3.05, 3.63) is 94.7 Å². The Hall–Kier alpha value is -3.86. The van der Waals surface area contributed by atoms with Crippen molar-refractivity contribution in [3.63, 3.8) is 0 Å². The zero-order chi connectivity index (χ0) is 20.4. The van der Waals surface area contributed by atoms with Crippen LogP contribution in [-0.4, -0.2) is 18.9 Å². The van der Waals surface area contributed by atoms with Crippen molar-refractivity contribution in [3.8, 4) is 17.2 Å². The molecule has 0 aliphatic carbocycles. The van der Waals surface area contributed by atoms with Gasteiger partial charge in [-0.25, -0.2) is 4.79 Å². The Morgan fingerprint density at radius 3 is 2.45 bits per heavy atom. The number of methoxy groups -OCH3 is 1. The van der Waals surface area contributed by atoms with Gasteiger partial charge in [0.1, 0.15) is 17.2 Å². The summed E-state index contributed by atoms with van der Waals surface area (Å²) < 4.78 is 16.2. The number of fused-ring (bicyclic) bond motifs is 1. The highest BCUT2D eigenvalue weighted by atomic mass is 16.5. The molecule has 0 unspecified atom stereocenters. The van der Waals surface area contributed by atoms with E-state index in [9.17, 15) is 9.59 Å². The van der Waals surface area contributed by atoms with Crippen molar-refractivity contribution in [1.82, 2.24) is 0 Å². The first kappa shape index (κ1) is 18.5. The molecule has 0 spiro atoms. The number of hydrogen-bond acceptors (Lipinski definition) is 5. The Labute approximate surface area is 168 Å². The van der Waals surface area contributed by atoms with E-state index in [1.807, 2.05) is 31.2 Å². The van der Waals surface area contributed by atoms with Crippen LogP contribution in [0.25, 0.3) is 6.08 Å². The first-order valence-corrected chi connectivity index (χ1v) is 9.05. The lowest BCUT2D eigenvalue weighted by Gasteiger charge is -2.06. The highest BCUT2D eigenvalue weighted by Crippen LogP contribution is 2.35. The van der Waals surface area contributed by atoms with Crippen LogP contribution in [0.5, 0.6) is 17.2 Å². The lowest BCUT2D eigenvalue weighted by atomic mass is 10.1. The predicted octanol–water partition coefficient (Wildman–Crippen LogP) is 4.84. The summed E-state index contributed by atoms with van der Waals surface area (Å²) in [7, 11) is 1.56. The van der Waals surface area contributed by atoms with E-state index in [4.69, 9.17) is 14.2 Å². The van der Waals surface area contributed by atoms with E-state index in [1.54, 1.807) is 55.7 Å². The van der Waals surface area contributed by atoms with Crippen molar-refractivity contribution < 1.29 is 23.8 Å². The molecule has 0 atom stereocenters. The molecule has 0 saturated carbocycles. The van der Waals surface area contributed by atoms with Gasteiger partial charge in [0.15, 0.2) is 5.76 Å². The van der Waals surface area contributed by atoms with E-state index in [2.05, 4.69) is 0 Å². The van der Waals surface area contributed by atoms with Crippen molar-refractivity contribution in [1.29, 1.82) is 0 Å². The largest absolute Gasteiger partial charge is 0.497 e. The molecule has 1 aliphatic heterocycles. The molecule has 0 saturated heterocycles.